The van der Waals surface area contributed by atoms with Crippen LogP contribution in [-0.4, -0.2) is 41.4 Å². The van der Waals surface area contributed by atoms with Crippen molar-refractivity contribution in [1.29, 1.82) is 0 Å². The molecule has 1 N–H and O–H groups in total. The van der Waals surface area contributed by atoms with Gasteiger partial charge in [-0.25, -0.2) is 0 Å². The van der Waals surface area contributed by atoms with Crippen LogP contribution < -0.4 is 5.32 Å². The molecule has 1 aliphatic carbocycles. The summed E-state index contributed by atoms with van der Waals surface area (Å²) in [5.74, 6) is 0.821. The van der Waals surface area contributed by atoms with Crippen LogP contribution in [0.15, 0.2) is 6.20 Å². The van der Waals surface area contributed by atoms with Gasteiger partial charge >= 0.3 is 0 Å². The first-order valence-corrected chi connectivity index (χ1v) is 8.40. The molecule has 0 saturated heterocycles. The number of rotatable bonds is 5. The highest BCUT2D eigenvalue weighted by Gasteiger charge is 2.45. The molecule has 1 aromatic rings. The number of aromatic nitrogens is 2. The summed E-state index contributed by atoms with van der Waals surface area (Å²) >= 11 is 6.47. The van der Waals surface area contributed by atoms with Gasteiger partial charge in [-0.05, 0) is 59.7 Å². The summed E-state index contributed by atoms with van der Waals surface area (Å²) in [4.78, 5) is 2.39. The van der Waals surface area contributed by atoms with Crippen molar-refractivity contribution in [1.82, 2.24) is 20.0 Å². The molecular formula is C16H29ClN4. The van der Waals surface area contributed by atoms with Gasteiger partial charge in [0.15, 0.2) is 0 Å². The zero-order valence-electron chi connectivity index (χ0n) is 14.0. The standard InChI is InChI=1S/C16H29ClN4/c1-6-21-14(13(17)11-19-21)15(18-3)16(20(4)5)9-7-12(2)8-10-16/h11-12,15,18H,6-10H2,1-5H3. The Bertz CT molecular complexity index is 461. The van der Waals surface area contributed by atoms with E-state index in [9.17, 15) is 0 Å². The lowest BCUT2D eigenvalue weighted by atomic mass is 9.71. The highest BCUT2D eigenvalue weighted by Crippen LogP contribution is 2.44. The van der Waals surface area contributed by atoms with E-state index in [4.69, 9.17) is 11.6 Å². The van der Waals surface area contributed by atoms with Crippen molar-refractivity contribution in [2.45, 2.75) is 57.7 Å². The number of likely N-dealkylation sites (N-methyl/N-ethyl adjacent to an activating group) is 2. The Morgan fingerprint density at radius 3 is 2.57 bits per heavy atom. The SMILES string of the molecule is CCn1ncc(Cl)c1C(NC)C1(N(C)C)CCC(C)CC1. The van der Waals surface area contributed by atoms with Gasteiger partial charge in [0.1, 0.15) is 0 Å². The van der Waals surface area contributed by atoms with Gasteiger partial charge < -0.3 is 10.2 Å². The lowest BCUT2D eigenvalue weighted by Gasteiger charge is -2.49. The highest BCUT2D eigenvalue weighted by atomic mass is 35.5. The molecule has 1 aromatic heterocycles. The Kier molecular flexibility index (Phi) is 5.33. The second-order valence-electron chi connectivity index (χ2n) is 6.60. The van der Waals surface area contributed by atoms with E-state index in [2.05, 4.69) is 43.3 Å². The first kappa shape index (κ1) is 16.8. The Morgan fingerprint density at radius 1 is 1.48 bits per heavy atom. The molecule has 1 heterocycles. The first-order valence-electron chi connectivity index (χ1n) is 8.02. The largest absolute Gasteiger partial charge is 0.310 e. The van der Waals surface area contributed by atoms with Crippen LogP contribution in [0.2, 0.25) is 5.02 Å². The molecular weight excluding hydrogens is 284 g/mol. The fraction of sp³-hybridized carbons (Fsp3) is 0.812. The molecule has 2 rings (SSSR count). The molecule has 0 radical (unpaired) electrons. The summed E-state index contributed by atoms with van der Waals surface area (Å²) < 4.78 is 2.03. The van der Waals surface area contributed by atoms with Crippen LogP contribution >= 0.6 is 11.6 Å². The van der Waals surface area contributed by atoms with Crippen molar-refractivity contribution < 1.29 is 0 Å². The number of aryl methyl sites for hydroxylation is 1. The van der Waals surface area contributed by atoms with Crippen molar-refractivity contribution in [2.24, 2.45) is 5.92 Å². The van der Waals surface area contributed by atoms with Crippen molar-refractivity contribution in [3.8, 4) is 0 Å². The zero-order valence-corrected chi connectivity index (χ0v) is 14.7. The van der Waals surface area contributed by atoms with E-state index in [1.807, 2.05) is 11.7 Å². The minimum absolute atomic E-state index is 0.109. The summed E-state index contributed by atoms with van der Waals surface area (Å²) in [6.07, 6.45) is 6.71. The van der Waals surface area contributed by atoms with Crippen molar-refractivity contribution in [2.75, 3.05) is 21.1 Å². The summed E-state index contributed by atoms with van der Waals surface area (Å²) in [6.45, 7) is 5.32. The van der Waals surface area contributed by atoms with Crippen LogP contribution in [0.3, 0.4) is 0 Å². The third-order valence-electron chi connectivity index (χ3n) is 5.26. The van der Waals surface area contributed by atoms with Crippen LogP contribution in [0.1, 0.15) is 51.3 Å². The van der Waals surface area contributed by atoms with Gasteiger partial charge in [-0.2, -0.15) is 5.10 Å². The fourth-order valence-electron chi connectivity index (χ4n) is 3.83. The minimum Gasteiger partial charge on any atom is -0.310 e. The average Bonchev–Trinajstić information content (AvgIpc) is 2.83. The quantitative estimate of drug-likeness (QED) is 0.905. The molecule has 1 saturated carbocycles. The van der Waals surface area contributed by atoms with Gasteiger partial charge in [0, 0.05) is 12.1 Å². The minimum atomic E-state index is 0.109. The van der Waals surface area contributed by atoms with E-state index in [1.165, 1.54) is 25.7 Å². The maximum absolute atomic E-state index is 6.47. The second kappa shape index (κ2) is 6.67. The average molecular weight is 313 g/mol. The second-order valence-corrected chi connectivity index (χ2v) is 7.00. The molecule has 1 atom stereocenters. The summed E-state index contributed by atoms with van der Waals surface area (Å²) in [6, 6.07) is 0.204. The predicted molar refractivity (Wildman–Crippen MR) is 88.8 cm³/mol. The molecule has 21 heavy (non-hydrogen) atoms. The fourth-order valence-corrected chi connectivity index (χ4v) is 4.08. The van der Waals surface area contributed by atoms with Crippen molar-refractivity contribution >= 4 is 11.6 Å². The third-order valence-corrected chi connectivity index (χ3v) is 5.55. The molecule has 1 unspecified atom stereocenters. The van der Waals surface area contributed by atoms with Gasteiger partial charge in [-0.1, -0.05) is 18.5 Å². The van der Waals surface area contributed by atoms with Gasteiger partial charge in [-0.3, -0.25) is 4.68 Å². The van der Waals surface area contributed by atoms with Crippen molar-refractivity contribution in [3.63, 3.8) is 0 Å². The Morgan fingerprint density at radius 2 is 2.10 bits per heavy atom. The number of hydrogen-bond acceptors (Lipinski definition) is 3. The summed E-state index contributed by atoms with van der Waals surface area (Å²) in [7, 11) is 6.43. The Hall–Kier alpha value is -0.580. The number of nitrogens with one attached hydrogen (secondary N) is 1. The Balaban J connectivity index is 2.43. The molecule has 0 bridgehead atoms. The summed E-state index contributed by atoms with van der Waals surface area (Å²) in [5, 5.41) is 8.74. The van der Waals surface area contributed by atoms with Gasteiger partial charge in [0.25, 0.3) is 0 Å². The van der Waals surface area contributed by atoms with Crippen LogP contribution in [0.5, 0.6) is 0 Å². The van der Waals surface area contributed by atoms with Crippen LogP contribution in [0.25, 0.3) is 0 Å². The van der Waals surface area contributed by atoms with Crippen molar-refractivity contribution in [3.05, 3.63) is 16.9 Å². The highest BCUT2D eigenvalue weighted by molar-refractivity contribution is 6.31. The lowest BCUT2D eigenvalue weighted by molar-refractivity contribution is 0.0425. The smallest absolute Gasteiger partial charge is 0.0834 e. The zero-order chi connectivity index (χ0) is 15.6. The van der Waals surface area contributed by atoms with Crippen LogP contribution in [-0.2, 0) is 6.54 Å². The summed E-state index contributed by atoms with van der Waals surface area (Å²) in [5.41, 5.74) is 1.24. The third kappa shape index (κ3) is 2.99. The molecule has 120 valence electrons. The monoisotopic (exact) mass is 312 g/mol. The maximum atomic E-state index is 6.47. The topological polar surface area (TPSA) is 33.1 Å². The van der Waals surface area contributed by atoms with Gasteiger partial charge in [-0.15, -0.1) is 0 Å². The number of hydrogen-bond donors (Lipinski definition) is 1. The Labute approximate surface area is 133 Å². The normalized spacial score (nSPS) is 28.0. The van der Waals surface area contributed by atoms with E-state index >= 15 is 0 Å². The predicted octanol–water partition coefficient (Wildman–Crippen LogP) is 3.33. The molecule has 4 nitrogen and oxygen atoms in total. The van der Waals surface area contributed by atoms with Crippen LogP contribution in [0, 0.1) is 5.92 Å². The van der Waals surface area contributed by atoms with Gasteiger partial charge in [0.05, 0.1) is 23.0 Å². The van der Waals surface area contributed by atoms with E-state index in [0.717, 1.165) is 23.2 Å². The van der Waals surface area contributed by atoms with Gasteiger partial charge in [0.2, 0.25) is 0 Å². The van der Waals surface area contributed by atoms with E-state index in [1.54, 1.807) is 6.20 Å². The number of nitrogens with zero attached hydrogens (tertiary/aromatic N) is 3. The molecule has 5 heteroatoms. The van der Waals surface area contributed by atoms with E-state index < -0.39 is 0 Å². The molecule has 0 spiro atoms. The maximum Gasteiger partial charge on any atom is 0.0834 e. The number of halogens is 1. The molecule has 0 aliphatic heterocycles. The molecule has 1 aliphatic rings. The van der Waals surface area contributed by atoms with Crippen LogP contribution in [0.4, 0.5) is 0 Å². The first-order chi connectivity index (χ1) is 9.96. The van der Waals surface area contributed by atoms with E-state index in [-0.39, 0.29) is 11.6 Å². The molecule has 1 fully saturated rings. The van der Waals surface area contributed by atoms with E-state index in [0.29, 0.717) is 0 Å². The molecule has 0 amide bonds. The lowest BCUT2D eigenvalue weighted by Crippen LogP contribution is -2.55. The molecule has 0 aromatic carbocycles.